The molecule has 2 aliphatic heterocycles. The van der Waals surface area contributed by atoms with Crippen LogP contribution in [0.1, 0.15) is 23.4 Å². The van der Waals surface area contributed by atoms with Crippen LogP contribution in [0.4, 0.5) is 10.2 Å². The van der Waals surface area contributed by atoms with E-state index in [-0.39, 0.29) is 18.2 Å². The van der Waals surface area contributed by atoms with Gasteiger partial charge in [-0.05, 0) is 32.4 Å². The summed E-state index contributed by atoms with van der Waals surface area (Å²) in [7, 11) is 0. The molecule has 0 atom stereocenters. The van der Waals surface area contributed by atoms with Crippen LogP contribution in [-0.2, 0) is 0 Å². The van der Waals surface area contributed by atoms with E-state index in [0.717, 1.165) is 27.0 Å². The molecule has 0 aliphatic carbocycles. The summed E-state index contributed by atoms with van der Waals surface area (Å²) in [5.41, 5.74) is 7.08. The number of fused-ring (bicyclic) bond motifs is 1. The molecule has 0 fully saturated rings. The number of rotatable bonds is 5. The number of aryl methyl sites for hydroxylation is 1. The highest BCUT2D eigenvalue weighted by molar-refractivity contribution is 8.01. The molecule has 0 unspecified atom stereocenters. The Labute approximate surface area is 119 Å². The first kappa shape index (κ1) is 14.3. The summed E-state index contributed by atoms with van der Waals surface area (Å²) in [6, 6.07) is 0. The second-order valence-electron chi connectivity index (χ2n) is 4.24. The summed E-state index contributed by atoms with van der Waals surface area (Å²) >= 11 is 3.22. The Balaban J connectivity index is 2.38. The molecule has 7 heteroatoms. The van der Waals surface area contributed by atoms with Crippen molar-refractivity contribution in [2.24, 2.45) is 0 Å². The number of imidazole rings is 1. The van der Waals surface area contributed by atoms with Crippen LogP contribution < -0.4 is 11.4 Å². The molecular formula is C12H16FN3OS2. The van der Waals surface area contributed by atoms with Crippen molar-refractivity contribution >= 4 is 28.9 Å². The van der Waals surface area contributed by atoms with Crippen molar-refractivity contribution < 1.29 is 4.39 Å². The second kappa shape index (κ2) is 5.92. The number of nitrogens with two attached hydrogens (primary N) is 1. The van der Waals surface area contributed by atoms with Crippen LogP contribution in [0.2, 0.25) is 0 Å². The van der Waals surface area contributed by atoms with E-state index in [2.05, 4.69) is 4.98 Å². The fraction of sp³-hybridized carbons (Fsp3) is 0.500. The molecule has 4 nitrogen and oxygen atoms in total. The van der Waals surface area contributed by atoms with Gasteiger partial charge in [0.1, 0.15) is 5.69 Å². The van der Waals surface area contributed by atoms with Gasteiger partial charge < -0.3 is 5.73 Å². The molecule has 2 N–H and O–H groups in total. The van der Waals surface area contributed by atoms with Gasteiger partial charge in [0.05, 0.1) is 10.9 Å². The molecule has 19 heavy (non-hydrogen) atoms. The van der Waals surface area contributed by atoms with Gasteiger partial charge in [-0.1, -0.05) is 0 Å². The van der Waals surface area contributed by atoms with Crippen molar-refractivity contribution in [1.29, 1.82) is 0 Å². The molecule has 0 amide bonds. The molecule has 0 bridgehead atoms. The Kier molecular flexibility index (Phi) is 4.46. The highest BCUT2D eigenvalue weighted by Gasteiger charge is 2.21. The zero-order chi connectivity index (χ0) is 14.0. The minimum absolute atomic E-state index is 0.275. The van der Waals surface area contributed by atoms with E-state index in [9.17, 15) is 9.18 Å². The number of hydrogen-bond donors (Lipinski definition) is 1. The molecular weight excluding hydrogens is 285 g/mol. The first-order valence-electron chi connectivity index (χ1n) is 6.03. The molecule has 0 aromatic carbocycles. The normalized spacial score (nSPS) is 11.3. The lowest BCUT2D eigenvalue weighted by Gasteiger charge is -2.14. The third kappa shape index (κ3) is 2.76. The van der Waals surface area contributed by atoms with Gasteiger partial charge in [-0.15, -0.1) is 23.1 Å². The molecule has 0 saturated carbocycles. The van der Waals surface area contributed by atoms with Gasteiger partial charge in [0.25, 0.3) is 0 Å². The average molecular weight is 301 g/mol. The zero-order valence-electron chi connectivity index (χ0n) is 10.9. The number of unbranched alkanes of at least 4 members (excludes halogenated alkanes) is 1. The molecule has 0 aromatic heterocycles. The van der Waals surface area contributed by atoms with Crippen LogP contribution >= 0.6 is 23.1 Å². The molecule has 2 rings (SSSR count). The van der Waals surface area contributed by atoms with Gasteiger partial charge in [0, 0.05) is 10.6 Å². The number of nitrogens with zero attached hydrogens (tertiary/aromatic N) is 2. The minimum atomic E-state index is -0.327. The number of anilines is 1. The average Bonchev–Trinajstić information content (AvgIpc) is 2.66. The van der Waals surface area contributed by atoms with E-state index in [1.54, 1.807) is 27.7 Å². The van der Waals surface area contributed by atoms with Gasteiger partial charge in [-0.3, -0.25) is 8.96 Å². The van der Waals surface area contributed by atoms with Crippen LogP contribution in [0.5, 0.6) is 0 Å². The third-order valence-electron chi connectivity index (χ3n) is 2.92. The number of halogens is 1. The fourth-order valence-electron chi connectivity index (χ4n) is 1.80. The minimum Gasteiger partial charge on any atom is -0.382 e. The van der Waals surface area contributed by atoms with Crippen molar-refractivity contribution in [1.82, 2.24) is 9.55 Å². The summed E-state index contributed by atoms with van der Waals surface area (Å²) in [6.07, 6.45) is 1.38. The Bertz CT molecular complexity index is 608. The summed E-state index contributed by atoms with van der Waals surface area (Å²) in [4.78, 5) is 16.7. The number of thioether (sulfide) groups is 1. The van der Waals surface area contributed by atoms with Crippen molar-refractivity contribution in [3.05, 3.63) is 21.1 Å². The highest BCUT2D eigenvalue weighted by atomic mass is 32.2. The maximum absolute atomic E-state index is 12.1. The summed E-state index contributed by atoms with van der Waals surface area (Å²) < 4.78 is 14.6. The molecule has 2 heterocycles. The topological polar surface area (TPSA) is 60.9 Å². The first-order valence-corrected chi connectivity index (χ1v) is 7.83. The highest BCUT2D eigenvalue weighted by Crippen LogP contribution is 2.37. The zero-order valence-corrected chi connectivity index (χ0v) is 12.5. The number of aromatic nitrogens is 2. The quantitative estimate of drug-likeness (QED) is 0.681. The van der Waals surface area contributed by atoms with E-state index in [4.69, 9.17) is 5.73 Å². The molecule has 104 valence electrons. The number of nitrogen functional groups attached to an aromatic ring is 1. The van der Waals surface area contributed by atoms with Crippen LogP contribution in [0, 0.1) is 13.8 Å². The fourth-order valence-corrected chi connectivity index (χ4v) is 4.34. The van der Waals surface area contributed by atoms with E-state index in [0.29, 0.717) is 12.1 Å². The number of alkyl halides is 1. The second-order valence-corrected chi connectivity index (χ2v) is 6.83. The standard InChI is InChI=1S/C12H16FN3OS2/c1-7-8(2)19-11(18-6-4-3-5-13)9-10(14)15-12(17)16(7)9/h3-6H2,1-2H3,(H2,14,15,17). The lowest BCUT2D eigenvalue weighted by atomic mass is 10.4. The summed E-state index contributed by atoms with van der Waals surface area (Å²) in [6.45, 7) is 3.57. The molecule has 0 aromatic rings. The van der Waals surface area contributed by atoms with Gasteiger partial charge in [0.2, 0.25) is 0 Å². The first-order chi connectivity index (χ1) is 9.06. The van der Waals surface area contributed by atoms with Crippen LogP contribution in [0.25, 0.3) is 5.69 Å². The lowest BCUT2D eigenvalue weighted by molar-refractivity contribution is 0.470. The summed E-state index contributed by atoms with van der Waals surface area (Å²) in [5.74, 6) is 1.09. The van der Waals surface area contributed by atoms with Crippen molar-refractivity contribution in [3.63, 3.8) is 0 Å². The van der Waals surface area contributed by atoms with Crippen LogP contribution in [0.15, 0.2) is 9.00 Å². The van der Waals surface area contributed by atoms with Gasteiger partial charge in [-0.25, -0.2) is 4.79 Å². The number of hydrogen-bond acceptors (Lipinski definition) is 5. The largest absolute Gasteiger partial charge is 0.382 e. The van der Waals surface area contributed by atoms with E-state index in [1.165, 1.54) is 0 Å². The molecule has 2 aliphatic rings. The maximum atomic E-state index is 12.1. The summed E-state index contributed by atoms with van der Waals surface area (Å²) in [5, 5.41) is 0. The van der Waals surface area contributed by atoms with Gasteiger partial charge in [-0.2, -0.15) is 4.98 Å². The van der Waals surface area contributed by atoms with E-state index in [1.807, 2.05) is 13.8 Å². The van der Waals surface area contributed by atoms with Crippen molar-refractivity contribution in [3.8, 4) is 5.69 Å². The van der Waals surface area contributed by atoms with E-state index < -0.39 is 0 Å². The van der Waals surface area contributed by atoms with Gasteiger partial charge >= 0.3 is 5.69 Å². The predicted octanol–water partition coefficient (Wildman–Crippen LogP) is 2.77. The Hall–Kier alpha value is -1.08. The van der Waals surface area contributed by atoms with Crippen molar-refractivity contribution in [2.75, 3.05) is 18.2 Å². The van der Waals surface area contributed by atoms with Crippen LogP contribution in [-0.4, -0.2) is 22.0 Å². The van der Waals surface area contributed by atoms with Crippen LogP contribution in [0.3, 0.4) is 0 Å². The third-order valence-corrected chi connectivity index (χ3v) is 5.45. The molecule has 0 radical (unpaired) electrons. The Morgan fingerprint density at radius 1 is 1.42 bits per heavy atom. The Morgan fingerprint density at radius 3 is 2.84 bits per heavy atom. The SMILES string of the molecule is Cc1sc(SCCCCF)c2c(N)nc(=O)n-2c1C. The lowest BCUT2D eigenvalue weighted by Crippen LogP contribution is -2.17. The predicted molar refractivity (Wildman–Crippen MR) is 78.7 cm³/mol. The monoisotopic (exact) mass is 301 g/mol. The smallest absolute Gasteiger partial charge is 0.354 e. The van der Waals surface area contributed by atoms with Gasteiger partial charge in [0.15, 0.2) is 5.82 Å². The molecule has 0 saturated heterocycles. The van der Waals surface area contributed by atoms with E-state index >= 15 is 0 Å². The molecule has 0 spiro atoms. The van der Waals surface area contributed by atoms with Crippen molar-refractivity contribution in [2.45, 2.75) is 30.9 Å². The Morgan fingerprint density at radius 2 is 2.16 bits per heavy atom. The maximum Gasteiger partial charge on any atom is 0.354 e.